The molecule has 0 bridgehead atoms. The second-order valence-electron chi connectivity index (χ2n) is 6.63. The molecular weight excluding hydrogens is 306 g/mol. The lowest BCUT2D eigenvalue weighted by Crippen LogP contribution is -2.46. The predicted octanol–water partition coefficient (Wildman–Crippen LogP) is 1.14. The van der Waals surface area contributed by atoms with Gasteiger partial charge >= 0.3 is 0 Å². The summed E-state index contributed by atoms with van der Waals surface area (Å²) in [4.78, 5) is 28.8. The highest BCUT2D eigenvalue weighted by Gasteiger charge is 2.28. The third kappa shape index (κ3) is 3.14. The summed E-state index contributed by atoms with van der Waals surface area (Å²) in [6, 6.07) is 1.87. The average molecular weight is 329 g/mol. The molecule has 0 spiro atoms. The summed E-state index contributed by atoms with van der Waals surface area (Å²) in [6.07, 6.45) is 5.50. The van der Waals surface area contributed by atoms with Gasteiger partial charge in [0, 0.05) is 38.9 Å². The van der Waals surface area contributed by atoms with Gasteiger partial charge in [-0.05, 0) is 24.8 Å². The Hall–Kier alpha value is -1.99. The first kappa shape index (κ1) is 15.5. The normalized spacial score (nSPS) is 22.8. The molecule has 0 aromatic carbocycles. The minimum atomic E-state index is 0.0219. The van der Waals surface area contributed by atoms with Crippen LogP contribution in [0.4, 0.5) is 0 Å². The van der Waals surface area contributed by atoms with Gasteiger partial charge in [-0.2, -0.15) is 0 Å². The number of carbonyl (C=O) groups excluding carboxylic acids is 1. The molecule has 1 N–H and O–H groups in total. The molecule has 128 valence electrons. The molecule has 24 heavy (non-hydrogen) atoms. The molecule has 0 aliphatic carbocycles. The number of piperidine rings is 1. The van der Waals surface area contributed by atoms with Crippen LogP contribution in [0.15, 0.2) is 18.6 Å². The molecule has 4 rings (SSSR count). The highest BCUT2D eigenvalue weighted by Crippen LogP contribution is 2.22. The maximum Gasteiger partial charge on any atom is 0.273 e. The monoisotopic (exact) mass is 329 g/mol. The van der Waals surface area contributed by atoms with Crippen molar-refractivity contribution < 1.29 is 9.53 Å². The molecule has 1 atom stereocenters. The Kier molecular flexibility index (Phi) is 4.44. The van der Waals surface area contributed by atoms with Crippen LogP contribution >= 0.6 is 0 Å². The van der Waals surface area contributed by atoms with E-state index >= 15 is 0 Å². The summed E-state index contributed by atoms with van der Waals surface area (Å²) in [6.45, 7) is 6.32. The van der Waals surface area contributed by atoms with E-state index in [-0.39, 0.29) is 5.91 Å². The van der Waals surface area contributed by atoms with Gasteiger partial charge in [0.2, 0.25) is 0 Å². The van der Waals surface area contributed by atoms with Gasteiger partial charge < -0.3 is 14.6 Å². The van der Waals surface area contributed by atoms with E-state index in [9.17, 15) is 4.79 Å². The number of morpholine rings is 1. The molecule has 2 aromatic heterocycles. The lowest BCUT2D eigenvalue weighted by molar-refractivity contribution is 0.0223. The topological polar surface area (TPSA) is 74.4 Å². The first-order valence-electron chi connectivity index (χ1n) is 8.69. The Morgan fingerprint density at radius 2 is 2.17 bits per heavy atom. The number of hydrogen-bond acceptors (Lipinski definition) is 5. The third-order valence-corrected chi connectivity index (χ3v) is 4.98. The number of nitrogens with one attached hydrogen (secondary N) is 1. The summed E-state index contributed by atoms with van der Waals surface area (Å²) in [5, 5.41) is 0.804. The van der Waals surface area contributed by atoms with Crippen molar-refractivity contribution >= 4 is 16.9 Å². The molecule has 7 nitrogen and oxygen atoms in total. The van der Waals surface area contributed by atoms with Crippen LogP contribution in [0.25, 0.3) is 11.0 Å². The molecule has 2 aromatic rings. The first-order chi connectivity index (χ1) is 11.8. The van der Waals surface area contributed by atoms with Gasteiger partial charge in [0.1, 0.15) is 17.7 Å². The lowest BCUT2D eigenvalue weighted by atomic mass is 9.96. The number of aromatic nitrogens is 3. The van der Waals surface area contributed by atoms with E-state index in [1.807, 2.05) is 11.0 Å². The lowest BCUT2D eigenvalue weighted by Gasteiger charge is -2.36. The average Bonchev–Trinajstić information content (AvgIpc) is 3.11. The molecule has 0 saturated carbocycles. The number of H-pyrrole nitrogens is 1. The van der Waals surface area contributed by atoms with Gasteiger partial charge in [-0.1, -0.05) is 0 Å². The first-order valence-corrected chi connectivity index (χ1v) is 8.69. The molecule has 0 unspecified atom stereocenters. The molecule has 2 saturated heterocycles. The van der Waals surface area contributed by atoms with Crippen LogP contribution < -0.4 is 0 Å². The zero-order valence-corrected chi connectivity index (χ0v) is 13.8. The molecule has 1 amide bonds. The van der Waals surface area contributed by atoms with E-state index in [4.69, 9.17) is 4.74 Å². The van der Waals surface area contributed by atoms with Crippen molar-refractivity contribution in [3.05, 3.63) is 24.3 Å². The van der Waals surface area contributed by atoms with Crippen LogP contribution in [0.1, 0.15) is 23.3 Å². The van der Waals surface area contributed by atoms with Crippen molar-refractivity contribution in [2.75, 3.05) is 45.9 Å². The standard InChI is InChI=1S/C17H23N5O2/c23-17(15-14-3-4-18-16(14)20-12-19-15)22-5-1-2-13(11-22)10-21-6-8-24-9-7-21/h3-4,12-13H,1-2,5-11H2,(H,18,19,20)/t13-/m1/s1. The maximum atomic E-state index is 12.9. The van der Waals surface area contributed by atoms with Gasteiger partial charge in [-0.3, -0.25) is 9.69 Å². The zero-order valence-electron chi connectivity index (χ0n) is 13.8. The minimum absolute atomic E-state index is 0.0219. The van der Waals surface area contributed by atoms with E-state index in [0.29, 0.717) is 11.6 Å². The maximum absolute atomic E-state index is 12.9. The number of rotatable bonds is 3. The second-order valence-corrected chi connectivity index (χ2v) is 6.63. The van der Waals surface area contributed by atoms with Crippen molar-refractivity contribution in [2.24, 2.45) is 5.92 Å². The summed E-state index contributed by atoms with van der Waals surface area (Å²) in [5.74, 6) is 0.554. The summed E-state index contributed by atoms with van der Waals surface area (Å²) in [5.41, 5.74) is 1.23. The Labute approximate surface area is 141 Å². The SMILES string of the molecule is O=C(c1ncnc2[nH]ccc12)N1CCC[C@H](CN2CCOCC2)C1. The van der Waals surface area contributed by atoms with Gasteiger partial charge in [0.25, 0.3) is 5.91 Å². The van der Waals surface area contributed by atoms with Crippen LogP contribution in [0.2, 0.25) is 0 Å². The third-order valence-electron chi connectivity index (χ3n) is 4.98. The molecule has 4 heterocycles. The van der Waals surface area contributed by atoms with E-state index < -0.39 is 0 Å². The van der Waals surface area contributed by atoms with Gasteiger partial charge in [0.05, 0.1) is 18.6 Å². The Morgan fingerprint density at radius 3 is 3.04 bits per heavy atom. The predicted molar refractivity (Wildman–Crippen MR) is 89.8 cm³/mol. The molecule has 2 aliphatic rings. The van der Waals surface area contributed by atoms with E-state index in [2.05, 4.69) is 19.9 Å². The van der Waals surface area contributed by atoms with E-state index in [1.54, 1.807) is 6.20 Å². The minimum Gasteiger partial charge on any atom is -0.379 e. The number of aromatic amines is 1. The molecule has 2 fully saturated rings. The highest BCUT2D eigenvalue weighted by molar-refractivity contribution is 6.03. The van der Waals surface area contributed by atoms with Crippen molar-refractivity contribution in [3.63, 3.8) is 0 Å². The number of carbonyl (C=O) groups is 1. The van der Waals surface area contributed by atoms with Crippen molar-refractivity contribution in [3.8, 4) is 0 Å². The molecule has 2 aliphatic heterocycles. The van der Waals surface area contributed by atoms with Gasteiger partial charge in [-0.15, -0.1) is 0 Å². The number of hydrogen-bond donors (Lipinski definition) is 1. The smallest absolute Gasteiger partial charge is 0.273 e. The van der Waals surface area contributed by atoms with Crippen LogP contribution in [-0.4, -0.2) is 76.6 Å². The van der Waals surface area contributed by atoms with Crippen LogP contribution in [0.3, 0.4) is 0 Å². The Morgan fingerprint density at radius 1 is 1.29 bits per heavy atom. The fraction of sp³-hybridized carbons (Fsp3) is 0.588. The fourth-order valence-corrected chi connectivity index (χ4v) is 3.74. The van der Waals surface area contributed by atoms with Crippen molar-refractivity contribution in [1.82, 2.24) is 24.8 Å². The van der Waals surface area contributed by atoms with Crippen LogP contribution in [0.5, 0.6) is 0 Å². The number of amides is 1. The fourth-order valence-electron chi connectivity index (χ4n) is 3.74. The molecule has 0 radical (unpaired) electrons. The summed E-state index contributed by atoms with van der Waals surface area (Å²) >= 11 is 0. The van der Waals surface area contributed by atoms with Crippen LogP contribution in [-0.2, 0) is 4.74 Å². The Bertz CT molecular complexity index is 710. The van der Waals surface area contributed by atoms with Gasteiger partial charge in [0.15, 0.2) is 0 Å². The second kappa shape index (κ2) is 6.86. The van der Waals surface area contributed by atoms with E-state index in [1.165, 1.54) is 12.7 Å². The Balaban J connectivity index is 1.45. The molecular formula is C17H23N5O2. The number of ether oxygens (including phenoxy) is 1. The quantitative estimate of drug-likeness (QED) is 0.914. The van der Waals surface area contributed by atoms with E-state index in [0.717, 1.165) is 63.4 Å². The van der Waals surface area contributed by atoms with Crippen molar-refractivity contribution in [1.29, 1.82) is 0 Å². The van der Waals surface area contributed by atoms with Crippen LogP contribution in [0, 0.1) is 5.92 Å². The zero-order chi connectivity index (χ0) is 16.4. The largest absolute Gasteiger partial charge is 0.379 e. The van der Waals surface area contributed by atoms with Gasteiger partial charge in [-0.25, -0.2) is 9.97 Å². The van der Waals surface area contributed by atoms with Crippen molar-refractivity contribution in [2.45, 2.75) is 12.8 Å². The highest BCUT2D eigenvalue weighted by atomic mass is 16.5. The number of nitrogens with zero attached hydrogens (tertiary/aromatic N) is 4. The number of fused-ring (bicyclic) bond motifs is 1. The molecule has 7 heteroatoms. The summed E-state index contributed by atoms with van der Waals surface area (Å²) < 4.78 is 5.42. The number of likely N-dealkylation sites (tertiary alicyclic amines) is 1. The summed E-state index contributed by atoms with van der Waals surface area (Å²) in [7, 11) is 0.